The SMILES string of the molecule is COc1ccc(Cl)cc1NC(=O)COC(=O)[C@@H](C)Oc1ccc(Cl)cc1Cl. The van der Waals surface area contributed by atoms with Gasteiger partial charge in [0.05, 0.1) is 17.8 Å². The zero-order valence-corrected chi connectivity index (χ0v) is 16.7. The lowest BCUT2D eigenvalue weighted by Gasteiger charge is -2.15. The minimum Gasteiger partial charge on any atom is -0.495 e. The Morgan fingerprint density at radius 3 is 2.30 bits per heavy atom. The van der Waals surface area contributed by atoms with E-state index in [9.17, 15) is 9.59 Å². The molecule has 0 heterocycles. The van der Waals surface area contributed by atoms with E-state index in [1.165, 1.54) is 32.2 Å². The number of carbonyl (C=O) groups excluding carboxylic acids is 2. The summed E-state index contributed by atoms with van der Waals surface area (Å²) >= 11 is 17.7. The van der Waals surface area contributed by atoms with Crippen molar-refractivity contribution in [2.75, 3.05) is 19.0 Å². The van der Waals surface area contributed by atoms with Gasteiger partial charge in [0.1, 0.15) is 11.5 Å². The quantitative estimate of drug-likeness (QED) is 0.647. The van der Waals surface area contributed by atoms with Crippen molar-refractivity contribution in [2.45, 2.75) is 13.0 Å². The molecule has 0 unspecified atom stereocenters. The predicted molar refractivity (Wildman–Crippen MR) is 104 cm³/mol. The van der Waals surface area contributed by atoms with E-state index >= 15 is 0 Å². The van der Waals surface area contributed by atoms with Gasteiger partial charge in [-0.3, -0.25) is 4.79 Å². The van der Waals surface area contributed by atoms with Crippen molar-refractivity contribution >= 4 is 52.4 Å². The maximum absolute atomic E-state index is 12.0. The number of carbonyl (C=O) groups is 2. The number of amides is 1. The fourth-order valence-electron chi connectivity index (χ4n) is 2.03. The monoisotopic (exact) mass is 431 g/mol. The summed E-state index contributed by atoms with van der Waals surface area (Å²) in [7, 11) is 1.46. The molecule has 0 spiro atoms. The molecule has 0 fully saturated rings. The highest BCUT2D eigenvalue weighted by Gasteiger charge is 2.19. The van der Waals surface area contributed by atoms with Gasteiger partial charge in [-0.15, -0.1) is 0 Å². The van der Waals surface area contributed by atoms with E-state index in [4.69, 9.17) is 49.0 Å². The van der Waals surface area contributed by atoms with Crippen molar-refractivity contribution in [2.24, 2.45) is 0 Å². The van der Waals surface area contributed by atoms with Crippen LogP contribution in [-0.4, -0.2) is 31.7 Å². The van der Waals surface area contributed by atoms with E-state index < -0.39 is 24.6 Å². The number of halogens is 3. The topological polar surface area (TPSA) is 73.9 Å². The van der Waals surface area contributed by atoms with Crippen LogP contribution in [0.1, 0.15) is 6.92 Å². The fraction of sp³-hybridized carbons (Fsp3) is 0.222. The first-order valence-electron chi connectivity index (χ1n) is 7.72. The minimum atomic E-state index is -0.975. The molecule has 0 aliphatic heterocycles. The molecule has 2 aromatic rings. The van der Waals surface area contributed by atoms with E-state index in [-0.39, 0.29) is 10.8 Å². The van der Waals surface area contributed by atoms with Gasteiger partial charge in [-0.05, 0) is 43.3 Å². The van der Waals surface area contributed by atoms with E-state index in [1.807, 2.05) is 0 Å². The van der Waals surface area contributed by atoms with Gasteiger partial charge in [0.15, 0.2) is 12.7 Å². The molecule has 27 heavy (non-hydrogen) atoms. The molecule has 144 valence electrons. The molecule has 9 heteroatoms. The lowest BCUT2D eigenvalue weighted by Crippen LogP contribution is -2.29. The van der Waals surface area contributed by atoms with Gasteiger partial charge in [0, 0.05) is 10.0 Å². The molecule has 6 nitrogen and oxygen atoms in total. The summed E-state index contributed by atoms with van der Waals surface area (Å²) in [6, 6.07) is 9.35. The zero-order valence-electron chi connectivity index (χ0n) is 14.4. The second-order valence-corrected chi connectivity index (χ2v) is 6.62. The molecule has 0 saturated carbocycles. The molecule has 0 saturated heterocycles. The second-order valence-electron chi connectivity index (χ2n) is 5.34. The van der Waals surface area contributed by atoms with E-state index in [2.05, 4.69) is 5.32 Å². The summed E-state index contributed by atoms with van der Waals surface area (Å²) in [6.07, 6.45) is -0.975. The average Bonchev–Trinajstić information content (AvgIpc) is 2.62. The molecule has 0 aliphatic rings. The highest BCUT2D eigenvalue weighted by molar-refractivity contribution is 6.35. The van der Waals surface area contributed by atoms with Crippen molar-refractivity contribution in [3.05, 3.63) is 51.5 Å². The Morgan fingerprint density at radius 2 is 1.67 bits per heavy atom. The molecule has 0 aromatic heterocycles. The van der Waals surface area contributed by atoms with Crippen LogP contribution < -0.4 is 14.8 Å². The Labute approximate surface area is 171 Å². The van der Waals surface area contributed by atoms with Crippen molar-refractivity contribution < 1.29 is 23.8 Å². The third kappa shape index (κ3) is 6.20. The van der Waals surface area contributed by atoms with Gasteiger partial charge < -0.3 is 19.5 Å². The van der Waals surface area contributed by atoms with E-state index in [0.29, 0.717) is 21.5 Å². The van der Waals surface area contributed by atoms with Crippen molar-refractivity contribution in [1.29, 1.82) is 0 Å². The van der Waals surface area contributed by atoms with Crippen molar-refractivity contribution in [3.63, 3.8) is 0 Å². The standard InChI is InChI=1S/C18H16Cl3NO5/c1-10(27-15-5-3-11(19)7-13(15)21)18(24)26-9-17(23)22-14-8-12(20)4-6-16(14)25-2/h3-8,10H,9H2,1-2H3,(H,22,23)/t10-/m1/s1. The number of hydrogen-bond donors (Lipinski definition) is 1. The van der Waals surface area contributed by atoms with Crippen molar-refractivity contribution in [3.8, 4) is 11.5 Å². The highest BCUT2D eigenvalue weighted by atomic mass is 35.5. The van der Waals surface area contributed by atoms with Crippen LogP contribution in [0, 0.1) is 0 Å². The molecule has 1 atom stereocenters. The number of hydrogen-bond acceptors (Lipinski definition) is 5. The van der Waals surface area contributed by atoms with Crippen LogP contribution in [0.25, 0.3) is 0 Å². The number of benzene rings is 2. The summed E-state index contributed by atoms with van der Waals surface area (Å²) in [6.45, 7) is 0.974. The molecule has 2 rings (SSSR count). The first-order valence-corrected chi connectivity index (χ1v) is 8.85. The van der Waals surface area contributed by atoms with Gasteiger partial charge in [0.2, 0.25) is 0 Å². The number of ether oxygens (including phenoxy) is 3. The van der Waals surface area contributed by atoms with Crippen LogP contribution in [0.5, 0.6) is 11.5 Å². The van der Waals surface area contributed by atoms with Gasteiger partial charge in [0.25, 0.3) is 5.91 Å². The molecular weight excluding hydrogens is 417 g/mol. The van der Waals surface area contributed by atoms with Crippen LogP contribution in [-0.2, 0) is 14.3 Å². The second kappa shape index (κ2) is 9.69. The maximum atomic E-state index is 12.0. The highest BCUT2D eigenvalue weighted by Crippen LogP contribution is 2.29. The first kappa shape index (κ1) is 21.2. The summed E-state index contributed by atoms with van der Waals surface area (Å²) in [4.78, 5) is 24.0. The van der Waals surface area contributed by atoms with Crippen molar-refractivity contribution in [1.82, 2.24) is 0 Å². The number of methoxy groups -OCH3 is 1. The molecule has 0 bridgehead atoms. The predicted octanol–water partition coefficient (Wildman–Crippen LogP) is 4.60. The Morgan fingerprint density at radius 1 is 1.04 bits per heavy atom. The summed E-state index contributed by atoms with van der Waals surface area (Å²) in [5, 5.41) is 3.68. The molecule has 1 amide bonds. The minimum absolute atomic E-state index is 0.257. The largest absolute Gasteiger partial charge is 0.495 e. The summed E-state index contributed by atoms with van der Waals surface area (Å²) < 4.78 is 15.5. The maximum Gasteiger partial charge on any atom is 0.347 e. The molecule has 2 aromatic carbocycles. The molecule has 1 N–H and O–H groups in total. The summed E-state index contributed by atoms with van der Waals surface area (Å²) in [5.41, 5.74) is 0.364. The average molecular weight is 433 g/mol. The van der Waals surface area contributed by atoms with Crippen LogP contribution in [0.2, 0.25) is 15.1 Å². The van der Waals surface area contributed by atoms with Crippen LogP contribution in [0.4, 0.5) is 5.69 Å². The zero-order chi connectivity index (χ0) is 20.0. The molecule has 0 radical (unpaired) electrons. The van der Waals surface area contributed by atoms with Crippen LogP contribution >= 0.6 is 34.8 Å². The fourth-order valence-corrected chi connectivity index (χ4v) is 2.65. The number of nitrogens with one attached hydrogen (secondary N) is 1. The lowest BCUT2D eigenvalue weighted by molar-refractivity contribution is -0.153. The Bertz CT molecular complexity index is 844. The van der Waals surface area contributed by atoms with Gasteiger partial charge in [-0.2, -0.15) is 0 Å². The Balaban J connectivity index is 1.89. The Kier molecular flexibility index (Phi) is 7.59. The first-order chi connectivity index (χ1) is 12.8. The number of esters is 1. The smallest absolute Gasteiger partial charge is 0.347 e. The van der Waals surface area contributed by atoms with E-state index in [0.717, 1.165) is 0 Å². The third-order valence-electron chi connectivity index (χ3n) is 3.31. The van der Waals surface area contributed by atoms with E-state index in [1.54, 1.807) is 18.2 Å². The Hall–Kier alpha value is -2.15. The number of anilines is 1. The normalized spacial score (nSPS) is 11.4. The summed E-state index contributed by atoms with van der Waals surface area (Å²) in [5.74, 6) is -0.582. The lowest BCUT2D eigenvalue weighted by atomic mass is 10.3. The van der Waals surface area contributed by atoms with Gasteiger partial charge in [-0.25, -0.2) is 4.79 Å². The number of rotatable bonds is 7. The third-order valence-corrected chi connectivity index (χ3v) is 4.08. The molecule has 0 aliphatic carbocycles. The van der Waals surface area contributed by atoms with Crippen LogP contribution in [0.3, 0.4) is 0 Å². The molecular formula is C18H16Cl3NO5. The van der Waals surface area contributed by atoms with Crippen LogP contribution in [0.15, 0.2) is 36.4 Å². The van der Waals surface area contributed by atoms with Gasteiger partial charge >= 0.3 is 5.97 Å². The van der Waals surface area contributed by atoms with Gasteiger partial charge in [-0.1, -0.05) is 34.8 Å².